The van der Waals surface area contributed by atoms with Crippen LogP contribution in [0, 0.1) is 12.7 Å². The maximum absolute atomic E-state index is 13.2. The van der Waals surface area contributed by atoms with Crippen molar-refractivity contribution in [2.24, 2.45) is 4.99 Å². The summed E-state index contributed by atoms with van der Waals surface area (Å²) >= 11 is 1.14. The lowest BCUT2D eigenvalue weighted by molar-refractivity contribution is -0.115. The Bertz CT molecular complexity index is 846. The largest absolute Gasteiger partial charge is 0.506 e. The van der Waals surface area contributed by atoms with E-state index in [9.17, 15) is 14.3 Å². The van der Waals surface area contributed by atoms with Gasteiger partial charge in [-0.1, -0.05) is 18.2 Å². The molecule has 4 nitrogen and oxygen atoms in total. The number of phenolic OH excluding ortho intramolecular Hbond substituents is 1. The number of aliphatic imine (C=N–C) groups is 1. The highest BCUT2D eigenvalue weighted by atomic mass is 32.2. The van der Waals surface area contributed by atoms with Gasteiger partial charge in [0.05, 0.1) is 4.91 Å². The maximum atomic E-state index is 13.2. The molecular weight excluding hydrogens is 315 g/mol. The number of carbonyl (C=O) groups is 1. The molecule has 0 atom stereocenters. The SMILES string of the molecule is Cc1ccc(N=C2NC(=O)/C(=C/c3cccc(F)c3)S2)c(O)c1. The molecule has 1 saturated heterocycles. The first kappa shape index (κ1) is 15.3. The van der Waals surface area contributed by atoms with Gasteiger partial charge in [0.2, 0.25) is 0 Å². The van der Waals surface area contributed by atoms with Crippen molar-refractivity contribution < 1.29 is 14.3 Å². The van der Waals surface area contributed by atoms with Gasteiger partial charge in [-0.2, -0.15) is 0 Å². The van der Waals surface area contributed by atoms with Gasteiger partial charge in [0.25, 0.3) is 5.91 Å². The highest BCUT2D eigenvalue weighted by molar-refractivity contribution is 8.18. The summed E-state index contributed by atoms with van der Waals surface area (Å²) in [6.07, 6.45) is 1.60. The van der Waals surface area contributed by atoms with Crippen molar-refractivity contribution in [1.29, 1.82) is 0 Å². The Kier molecular flexibility index (Phi) is 4.16. The molecule has 6 heteroatoms. The number of halogens is 1. The predicted octanol–water partition coefficient (Wildman–Crippen LogP) is 3.73. The van der Waals surface area contributed by atoms with Crippen molar-refractivity contribution in [2.45, 2.75) is 6.92 Å². The lowest BCUT2D eigenvalue weighted by Gasteiger charge is -2.01. The van der Waals surface area contributed by atoms with Gasteiger partial charge in [-0.15, -0.1) is 0 Å². The minimum Gasteiger partial charge on any atom is -0.506 e. The van der Waals surface area contributed by atoms with Gasteiger partial charge in [0.1, 0.15) is 17.3 Å². The van der Waals surface area contributed by atoms with Crippen molar-refractivity contribution in [3.8, 4) is 5.75 Å². The van der Waals surface area contributed by atoms with Gasteiger partial charge in [0.15, 0.2) is 5.17 Å². The first-order valence-electron chi connectivity index (χ1n) is 6.86. The van der Waals surface area contributed by atoms with Crippen LogP contribution in [-0.2, 0) is 4.79 Å². The smallest absolute Gasteiger partial charge is 0.264 e. The van der Waals surface area contributed by atoms with Crippen molar-refractivity contribution in [3.05, 3.63) is 64.3 Å². The zero-order valence-corrected chi connectivity index (χ0v) is 13.0. The Labute approximate surface area is 136 Å². The topological polar surface area (TPSA) is 61.7 Å². The van der Waals surface area contributed by atoms with E-state index >= 15 is 0 Å². The number of hydrogen-bond acceptors (Lipinski definition) is 4. The Morgan fingerprint density at radius 2 is 2.09 bits per heavy atom. The molecule has 1 aliphatic heterocycles. The summed E-state index contributed by atoms with van der Waals surface area (Å²) in [5.74, 6) is -0.610. The monoisotopic (exact) mass is 328 g/mol. The number of aryl methyl sites for hydroxylation is 1. The number of benzene rings is 2. The van der Waals surface area contributed by atoms with Crippen LogP contribution < -0.4 is 5.32 Å². The number of nitrogens with one attached hydrogen (secondary N) is 1. The average Bonchev–Trinajstić information content (AvgIpc) is 2.82. The number of aromatic hydroxyl groups is 1. The van der Waals surface area contributed by atoms with E-state index in [2.05, 4.69) is 10.3 Å². The molecular formula is C17H13FN2O2S. The molecule has 1 heterocycles. The van der Waals surface area contributed by atoms with E-state index in [0.29, 0.717) is 21.3 Å². The van der Waals surface area contributed by atoms with Crippen molar-refractivity contribution in [1.82, 2.24) is 5.32 Å². The van der Waals surface area contributed by atoms with Gasteiger partial charge >= 0.3 is 0 Å². The van der Waals surface area contributed by atoms with Crippen LogP contribution in [0.2, 0.25) is 0 Å². The second kappa shape index (κ2) is 6.26. The molecule has 23 heavy (non-hydrogen) atoms. The Balaban J connectivity index is 1.86. The summed E-state index contributed by atoms with van der Waals surface area (Å²) in [6, 6.07) is 11.1. The Hall–Kier alpha value is -2.60. The highest BCUT2D eigenvalue weighted by Gasteiger charge is 2.24. The summed E-state index contributed by atoms with van der Waals surface area (Å²) in [5.41, 5.74) is 1.90. The van der Waals surface area contributed by atoms with Crippen LogP contribution in [0.25, 0.3) is 6.08 Å². The summed E-state index contributed by atoms with van der Waals surface area (Å²) in [6.45, 7) is 1.86. The molecule has 1 amide bonds. The third-order valence-electron chi connectivity index (χ3n) is 3.15. The van der Waals surface area contributed by atoms with Gasteiger partial charge in [-0.3, -0.25) is 4.79 Å². The van der Waals surface area contributed by atoms with Crippen molar-refractivity contribution >= 4 is 34.6 Å². The molecule has 0 aliphatic carbocycles. The van der Waals surface area contributed by atoms with Crippen LogP contribution >= 0.6 is 11.8 Å². The number of amides is 1. The number of amidine groups is 1. The molecule has 0 unspecified atom stereocenters. The lowest BCUT2D eigenvalue weighted by atomic mass is 10.2. The minimum absolute atomic E-state index is 0.0508. The van der Waals surface area contributed by atoms with E-state index in [0.717, 1.165) is 17.3 Å². The minimum atomic E-state index is -0.360. The zero-order valence-electron chi connectivity index (χ0n) is 12.2. The van der Waals surface area contributed by atoms with Gasteiger partial charge in [-0.25, -0.2) is 9.38 Å². The first-order valence-corrected chi connectivity index (χ1v) is 7.68. The molecule has 2 aromatic rings. The number of rotatable bonds is 2. The average molecular weight is 328 g/mol. The van der Waals surface area contributed by atoms with Gasteiger partial charge in [-0.05, 0) is 60.2 Å². The number of nitrogens with zero attached hydrogens (tertiary/aromatic N) is 1. The molecule has 0 aromatic heterocycles. The van der Waals surface area contributed by atoms with Crippen LogP contribution in [0.4, 0.5) is 10.1 Å². The Morgan fingerprint density at radius 1 is 1.26 bits per heavy atom. The van der Waals surface area contributed by atoms with E-state index in [4.69, 9.17) is 0 Å². The molecule has 2 aromatic carbocycles. The van der Waals surface area contributed by atoms with E-state index in [1.807, 2.05) is 13.0 Å². The van der Waals surface area contributed by atoms with E-state index in [-0.39, 0.29) is 17.5 Å². The number of phenols is 1. The summed E-state index contributed by atoms with van der Waals surface area (Å²) in [5, 5.41) is 12.9. The molecule has 0 spiro atoms. The van der Waals surface area contributed by atoms with E-state index in [1.54, 1.807) is 30.3 Å². The molecule has 1 aliphatic rings. The van der Waals surface area contributed by atoms with Crippen molar-refractivity contribution in [3.63, 3.8) is 0 Å². The summed E-state index contributed by atoms with van der Waals surface area (Å²) in [7, 11) is 0. The third kappa shape index (κ3) is 3.60. The fourth-order valence-corrected chi connectivity index (χ4v) is 2.90. The van der Waals surface area contributed by atoms with Gasteiger partial charge in [0, 0.05) is 0 Å². The molecule has 2 N–H and O–H groups in total. The van der Waals surface area contributed by atoms with Crippen LogP contribution in [0.3, 0.4) is 0 Å². The highest BCUT2D eigenvalue weighted by Crippen LogP contribution is 2.32. The first-order chi connectivity index (χ1) is 11.0. The maximum Gasteiger partial charge on any atom is 0.264 e. The summed E-state index contributed by atoms with van der Waals surface area (Å²) < 4.78 is 13.2. The Morgan fingerprint density at radius 3 is 2.83 bits per heavy atom. The standard InChI is InChI=1S/C17H13FN2O2S/c1-10-5-6-13(14(21)7-10)19-17-20-16(22)15(23-17)9-11-3-2-4-12(18)8-11/h2-9,21H,1H3,(H,19,20,22)/b15-9-. The third-order valence-corrected chi connectivity index (χ3v) is 4.06. The van der Waals surface area contributed by atoms with E-state index in [1.165, 1.54) is 12.1 Å². The molecule has 1 fully saturated rings. The normalized spacial score (nSPS) is 17.7. The predicted molar refractivity (Wildman–Crippen MR) is 90.0 cm³/mol. The van der Waals surface area contributed by atoms with Crippen LogP contribution in [0.1, 0.15) is 11.1 Å². The lowest BCUT2D eigenvalue weighted by Crippen LogP contribution is -2.19. The fraction of sp³-hybridized carbons (Fsp3) is 0.0588. The molecule has 116 valence electrons. The quantitative estimate of drug-likeness (QED) is 0.826. The van der Waals surface area contributed by atoms with Crippen molar-refractivity contribution in [2.75, 3.05) is 0 Å². The van der Waals surface area contributed by atoms with Crippen LogP contribution in [-0.4, -0.2) is 16.2 Å². The number of hydrogen-bond donors (Lipinski definition) is 2. The van der Waals surface area contributed by atoms with Gasteiger partial charge < -0.3 is 10.4 Å². The molecule has 3 rings (SSSR count). The second-order valence-electron chi connectivity index (χ2n) is 5.03. The van der Waals surface area contributed by atoms with E-state index < -0.39 is 0 Å². The molecule has 0 bridgehead atoms. The fourth-order valence-electron chi connectivity index (χ4n) is 2.07. The zero-order chi connectivity index (χ0) is 16.4. The molecule has 0 saturated carbocycles. The number of carbonyl (C=O) groups excluding carboxylic acids is 1. The number of thioether (sulfide) groups is 1. The van der Waals surface area contributed by atoms with Crippen LogP contribution in [0.5, 0.6) is 5.75 Å². The summed E-state index contributed by atoms with van der Waals surface area (Å²) in [4.78, 5) is 16.6. The van der Waals surface area contributed by atoms with Crippen LogP contribution in [0.15, 0.2) is 52.4 Å². The molecule has 0 radical (unpaired) electrons. The second-order valence-corrected chi connectivity index (χ2v) is 6.06.